The number of hydrogen-bond donors (Lipinski definition) is 3. The van der Waals surface area contributed by atoms with Gasteiger partial charge >= 0.3 is 5.69 Å². The lowest BCUT2D eigenvalue weighted by molar-refractivity contribution is -0.121. The Morgan fingerprint density at radius 2 is 1.93 bits per heavy atom. The van der Waals surface area contributed by atoms with Crippen LogP contribution in [0.3, 0.4) is 0 Å². The van der Waals surface area contributed by atoms with Crippen molar-refractivity contribution in [1.82, 2.24) is 20.2 Å². The molecular weight excluding hydrogens is 372 g/mol. The number of hydrogen-bond acceptors (Lipinski definition) is 5. The molecule has 3 N–H and O–H groups in total. The maximum Gasteiger partial charge on any atom is 0.325 e. The van der Waals surface area contributed by atoms with Crippen LogP contribution in [0.2, 0.25) is 0 Å². The minimum atomic E-state index is -0.541. The Labute approximate surface area is 170 Å². The molecular formula is C21H30N4O4. The molecule has 0 spiro atoms. The largest absolute Gasteiger partial charge is 0.497 e. The minimum absolute atomic E-state index is 0.0160. The molecule has 0 saturated heterocycles. The lowest BCUT2D eigenvalue weighted by Gasteiger charge is -2.30. The van der Waals surface area contributed by atoms with Crippen molar-refractivity contribution in [3.63, 3.8) is 0 Å². The number of nitrogens with zero attached hydrogens (tertiary/aromatic N) is 1. The van der Waals surface area contributed by atoms with Crippen molar-refractivity contribution in [1.29, 1.82) is 0 Å². The summed E-state index contributed by atoms with van der Waals surface area (Å²) in [5.74, 6) is 0.633. The maximum absolute atomic E-state index is 12.4. The van der Waals surface area contributed by atoms with Crippen LogP contribution >= 0.6 is 0 Å². The van der Waals surface area contributed by atoms with Gasteiger partial charge in [0, 0.05) is 24.2 Å². The monoisotopic (exact) mass is 402 g/mol. The summed E-state index contributed by atoms with van der Waals surface area (Å²) < 4.78 is 5.33. The van der Waals surface area contributed by atoms with Crippen molar-refractivity contribution in [2.24, 2.45) is 0 Å². The van der Waals surface area contributed by atoms with Crippen LogP contribution in [0.15, 0.2) is 33.9 Å². The molecule has 1 aromatic heterocycles. The molecule has 158 valence electrons. The van der Waals surface area contributed by atoms with Crippen molar-refractivity contribution in [3.8, 4) is 5.75 Å². The first kappa shape index (κ1) is 22.4. The van der Waals surface area contributed by atoms with Gasteiger partial charge in [-0.2, -0.15) is 0 Å². The Kier molecular flexibility index (Phi) is 8.21. The first-order valence-electron chi connectivity index (χ1n) is 9.86. The fraction of sp³-hybridized carbons (Fsp3) is 0.476. The topological polar surface area (TPSA) is 107 Å². The molecule has 0 saturated carbocycles. The first-order valence-corrected chi connectivity index (χ1v) is 9.86. The quantitative estimate of drug-likeness (QED) is 0.558. The summed E-state index contributed by atoms with van der Waals surface area (Å²) in [4.78, 5) is 42.7. The number of benzene rings is 1. The summed E-state index contributed by atoms with van der Waals surface area (Å²) in [5, 5.41) is 2.98. The average molecular weight is 402 g/mol. The zero-order valence-corrected chi connectivity index (χ0v) is 17.5. The van der Waals surface area contributed by atoms with Crippen molar-refractivity contribution in [2.75, 3.05) is 26.7 Å². The molecule has 0 aliphatic rings. The van der Waals surface area contributed by atoms with Crippen LogP contribution in [-0.4, -0.2) is 47.5 Å². The highest BCUT2D eigenvalue weighted by Crippen LogP contribution is 2.23. The molecule has 8 heteroatoms. The highest BCUT2D eigenvalue weighted by molar-refractivity contribution is 5.76. The van der Waals surface area contributed by atoms with Gasteiger partial charge in [0.25, 0.3) is 5.56 Å². The van der Waals surface area contributed by atoms with Gasteiger partial charge in [-0.1, -0.05) is 26.0 Å². The van der Waals surface area contributed by atoms with Gasteiger partial charge in [0.05, 0.1) is 13.2 Å². The van der Waals surface area contributed by atoms with Gasteiger partial charge in [-0.05, 0) is 44.1 Å². The number of likely N-dealkylation sites (N-methyl/N-ethyl adjacent to an activating group) is 1. The third kappa shape index (κ3) is 6.05. The van der Waals surface area contributed by atoms with E-state index in [0.717, 1.165) is 24.4 Å². The molecule has 1 unspecified atom stereocenters. The molecule has 0 aliphatic heterocycles. The smallest absolute Gasteiger partial charge is 0.325 e. The number of carbonyl (C=O) groups excluding carboxylic acids is 1. The number of aromatic amines is 2. The standard InChI is InChI=1S/C21H30N4O4/c1-5-25(6-2)18(15-8-7-9-16(12-15)29-4)13-22-19(26)11-10-17-14(3)23-21(28)24-20(17)27/h7-9,12,18H,5-6,10-11,13H2,1-4H3,(H,22,26)(H2,23,24,27,28). The van der Waals surface area contributed by atoms with E-state index in [1.54, 1.807) is 14.0 Å². The van der Waals surface area contributed by atoms with E-state index in [2.05, 4.69) is 34.0 Å². The van der Waals surface area contributed by atoms with Crippen LogP contribution in [-0.2, 0) is 11.2 Å². The van der Waals surface area contributed by atoms with Crippen LogP contribution in [0.5, 0.6) is 5.75 Å². The fourth-order valence-corrected chi connectivity index (χ4v) is 3.44. The Balaban J connectivity index is 2.05. The fourth-order valence-electron chi connectivity index (χ4n) is 3.44. The van der Waals surface area contributed by atoms with Crippen molar-refractivity contribution >= 4 is 5.91 Å². The number of aromatic nitrogens is 2. The van der Waals surface area contributed by atoms with E-state index in [-0.39, 0.29) is 24.8 Å². The number of H-pyrrole nitrogens is 2. The van der Waals surface area contributed by atoms with Gasteiger partial charge < -0.3 is 15.0 Å². The van der Waals surface area contributed by atoms with E-state index in [0.29, 0.717) is 17.8 Å². The van der Waals surface area contributed by atoms with Crippen LogP contribution < -0.4 is 21.3 Å². The molecule has 2 aromatic rings. The Morgan fingerprint density at radius 3 is 2.55 bits per heavy atom. The van der Waals surface area contributed by atoms with Crippen LogP contribution in [0.4, 0.5) is 0 Å². The van der Waals surface area contributed by atoms with Gasteiger partial charge in [0.1, 0.15) is 5.75 Å². The molecule has 0 aliphatic carbocycles. The molecule has 0 fully saturated rings. The summed E-state index contributed by atoms with van der Waals surface area (Å²) in [6.45, 7) is 7.98. The average Bonchev–Trinajstić information content (AvgIpc) is 2.70. The zero-order chi connectivity index (χ0) is 21.4. The van der Waals surface area contributed by atoms with Gasteiger partial charge in [0.2, 0.25) is 5.91 Å². The number of ether oxygens (including phenoxy) is 1. The van der Waals surface area contributed by atoms with Crippen molar-refractivity contribution in [2.45, 2.75) is 39.7 Å². The maximum atomic E-state index is 12.4. The van der Waals surface area contributed by atoms with Gasteiger partial charge in [-0.15, -0.1) is 0 Å². The van der Waals surface area contributed by atoms with E-state index in [4.69, 9.17) is 4.74 Å². The molecule has 1 amide bonds. The zero-order valence-electron chi connectivity index (χ0n) is 17.5. The van der Waals surface area contributed by atoms with Crippen molar-refractivity contribution in [3.05, 3.63) is 61.9 Å². The molecule has 2 rings (SSSR count). The minimum Gasteiger partial charge on any atom is -0.497 e. The normalized spacial score (nSPS) is 12.0. The van der Waals surface area contributed by atoms with Gasteiger partial charge in [-0.3, -0.25) is 19.5 Å². The molecule has 8 nitrogen and oxygen atoms in total. The van der Waals surface area contributed by atoms with E-state index < -0.39 is 11.2 Å². The van der Waals surface area contributed by atoms with Crippen molar-refractivity contribution < 1.29 is 9.53 Å². The van der Waals surface area contributed by atoms with Crippen LogP contribution in [0.1, 0.15) is 43.1 Å². The predicted molar refractivity (Wildman–Crippen MR) is 112 cm³/mol. The summed E-state index contributed by atoms with van der Waals surface area (Å²) >= 11 is 0. The molecule has 1 heterocycles. The molecule has 0 bridgehead atoms. The van der Waals surface area contributed by atoms with Crippen LogP contribution in [0.25, 0.3) is 0 Å². The molecule has 29 heavy (non-hydrogen) atoms. The second-order valence-electron chi connectivity index (χ2n) is 6.83. The highest BCUT2D eigenvalue weighted by atomic mass is 16.5. The second-order valence-corrected chi connectivity index (χ2v) is 6.83. The van der Waals surface area contributed by atoms with E-state index in [1.807, 2.05) is 24.3 Å². The number of methoxy groups -OCH3 is 1. The number of amides is 1. The number of nitrogens with one attached hydrogen (secondary N) is 3. The van der Waals surface area contributed by atoms with E-state index in [1.165, 1.54) is 0 Å². The lowest BCUT2D eigenvalue weighted by atomic mass is 10.0. The highest BCUT2D eigenvalue weighted by Gasteiger charge is 2.19. The summed E-state index contributed by atoms with van der Waals surface area (Å²) in [7, 11) is 1.63. The molecule has 1 atom stereocenters. The Bertz CT molecular complexity index is 931. The SMILES string of the molecule is CCN(CC)C(CNC(=O)CCc1c(C)[nH]c(=O)[nH]c1=O)c1cccc(OC)c1. The summed E-state index contributed by atoms with van der Waals surface area (Å²) in [6.07, 6.45) is 0.428. The Morgan fingerprint density at radius 1 is 1.21 bits per heavy atom. The first-order chi connectivity index (χ1) is 13.9. The van der Waals surface area contributed by atoms with E-state index in [9.17, 15) is 14.4 Å². The number of carbonyl (C=O) groups is 1. The van der Waals surface area contributed by atoms with Gasteiger partial charge in [-0.25, -0.2) is 4.79 Å². The third-order valence-electron chi connectivity index (χ3n) is 5.08. The Hall–Kier alpha value is -2.87. The lowest BCUT2D eigenvalue weighted by Crippen LogP contribution is -2.38. The summed E-state index contributed by atoms with van der Waals surface area (Å²) in [6, 6.07) is 7.87. The number of aryl methyl sites for hydroxylation is 1. The number of rotatable bonds is 10. The van der Waals surface area contributed by atoms with Gasteiger partial charge in [0.15, 0.2) is 0 Å². The van der Waals surface area contributed by atoms with Crippen LogP contribution in [0, 0.1) is 6.92 Å². The van der Waals surface area contributed by atoms with E-state index >= 15 is 0 Å². The molecule has 0 radical (unpaired) electrons. The summed E-state index contributed by atoms with van der Waals surface area (Å²) in [5.41, 5.74) is 0.996. The second kappa shape index (κ2) is 10.6. The predicted octanol–water partition coefficient (Wildman–Crippen LogP) is 1.51. The molecule has 1 aromatic carbocycles. The third-order valence-corrected chi connectivity index (χ3v) is 5.08.